The quantitative estimate of drug-likeness (QED) is 0.554. The minimum Gasteiger partial charge on any atom is -0.347 e. The maximum Gasteiger partial charge on any atom is 0.255 e. The maximum atomic E-state index is 12.8. The van der Waals surface area contributed by atoms with Gasteiger partial charge in [-0.2, -0.15) is 0 Å². The number of hydrogen-bond donors (Lipinski definition) is 1. The fourth-order valence-corrected chi connectivity index (χ4v) is 4.01. The molecule has 1 aromatic carbocycles. The summed E-state index contributed by atoms with van der Waals surface area (Å²) < 4.78 is 3.93. The van der Waals surface area contributed by atoms with Crippen LogP contribution in [-0.2, 0) is 20.0 Å². The Kier molecular flexibility index (Phi) is 4.98. The van der Waals surface area contributed by atoms with E-state index >= 15 is 0 Å². The Bertz CT molecular complexity index is 1260. The van der Waals surface area contributed by atoms with Crippen LogP contribution >= 0.6 is 12.4 Å². The van der Waals surface area contributed by atoms with Crippen LogP contribution in [-0.4, -0.2) is 25.6 Å². The molecule has 6 nitrogen and oxygen atoms in total. The van der Waals surface area contributed by atoms with Gasteiger partial charge in [0.25, 0.3) is 5.56 Å². The van der Waals surface area contributed by atoms with E-state index in [9.17, 15) is 4.79 Å². The minimum atomic E-state index is -0.0957. The van der Waals surface area contributed by atoms with E-state index in [1.54, 1.807) is 29.2 Å². The van der Waals surface area contributed by atoms with Crippen LogP contribution in [0.5, 0.6) is 0 Å². The number of aryl methyl sites for hydroxylation is 2. The molecule has 0 bridgehead atoms. The summed E-state index contributed by atoms with van der Waals surface area (Å²) in [6.07, 6.45) is 6.34. The average molecular weight is 408 g/mol. The van der Waals surface area contributed by atoms with Crippen molar-refractivity contribution in [3.8, 4) is 17.1 Å². The Morgan fingerprint density at radius 1 is 1.10 bits per heavy atom. The molecule has 1 N–H and O–H groups in total. The smallest absolute Gasteiger partial charge is 0.255 e. The fraction of sp³-hybridized carbons (Fsp3) is 0.227. The lowest BCUT2D eigenvalue weighted by atomic mass is 10.1. The number of nitrogens with one attached hydrogen (secondary N) is 1. The van der Waals surface area contributed by atoms with Gasteiger partial charge in [0.2, 0.25) is 0 Å². The van der Waals surface area contributed by atoms with Crippen LogP contribution in [0.1, 0.15) is 16.8 Å². The molecule has 0 unspecified atom stereocenters. The van der Waals surface area contributed by atoms with Gasteiger partial charge in [-0.15, -0.1) is 12.4 Å². The second kappa shape index (κ2) is 7.46. The predicted octanol–water partition coefficient (Wildman–Crippen LogP) is 3.16. The third-order valence-corrected chi connectivity index (χ3v) is 5.50. The molecular weight excluding hydrogens is 386 g/mol. The first kappa shape index (κ1) is 19.4. The van der Waals surface area contributed by atoms with Crippen LogP contribution in [0.4, 0.5) is 0 Å². The maximum absolute atomic E-state index is 12.8. The normalized spacial score (nSPS) is 13.2. The third-order valence-electron chi connectivity index (χ3n) is 5.50. The molecule has 7 heteroatoms. The largest absolute Gasteiger partial charge is 0.347 e. The lowest BCUT2D eigenvalue weighted by molar-refractivity contribution is 0.622. The predicted molar refractivity (Wildman–Crippen MR) is 117 cm³/mol. The van der Waals surface area contributed by atoms with Crippen molar-refractivity contribution in [2.45, 2.75) is 19.9 Å². The van der Waals surface area contributed by atoms with Gasteiger partial charge in [-0.25, -0.2) is 9.97 Å². The van der Waals surface area contributed by atoms with E-state index in [2.05, 4.69) is 39.0 Å². The number of aromatic nitrogens is 4. The highest BCUT2D eigenvalue weighted by atomic mass is 35.5. The van der Waals surface area contributed by atoms with Gasteiger partial charge >= 0.3 is 0 Å². The monoisotopic (exact) mass is 407 g/mol. The molecule has 0 aliphatic carbocycles. The van der Waals surface area contributed by atoms with Crippen molar-refractivity contribution in [3.05, 3.63) is 76.1 Å². The van der Waals surface area contributed by atoms with Gasteiger partial charge in [-0.1, -0.05) is 6.07 Å². The Morgan fingerprint density at radius 2 is 1.90 bits per heavy atom. The zero-order valence-electron chi connectivity index (χ0n) is 16.3. The summed E-state index contributed by atoms with van der Waals surface area (Å²) in [5.41, 5.74) is 6.39. The number of pyridine rings is 1. The fourth-order valence-electron chi connectivity index (χ4n) is 4.01. The molecule has 148 valence electrons. The molecule has 0 atom stereocenters. The standard InChI is InChI=1S/C22H21N5O.ClH/c1-14-11-24-22(25-12-14)15-6-8-27(21(28)9-15)16-3-4-17-18-13-23-7-5-19(18)26(2)20(17)10-16;/h3-4,6,8-12,23H,5,7,13H2,1-2H3;1H. The highest BCUT2D eigenvalue weighted by molar-refractivity contribution is 5.87. The van der Waals surface area contributed by atoms with Crippen molar-refractivity contribution >= 4 is 23.3 Å². The van der Waals surface area contributed by atoms with Gasteiger partial charge in [0.05, 0.1) is 11.2 Å². The van der Waals surface area contributed by atoms with E-state index in [-0.39, 0.29) is 18.0 Å². The number of halogens is 1. The van der Waals surface area contributed by atoms with E-state index in [0.717, 1.165) is 41.8 Å². The molecule has 0 spiro atoms. The molecule has 0 saturated carbocycles. The highest BCUT2D eigenvalue weighted by Gasteiger charge is 2.18. The van der Waals surface area contributed by atoms with Crippen LogP contribution in [0.3, 0.4) is 0 Å². The number of rotatable bonds is 2. The summed E-state index contributed by atoms with van der Waals surface area (Å²) in [5, 5.41) is 4.70. The summed E-state index contributed by atoms with van der Waals surface area (Å²) in [6.45, 7) is 3.85. The SMILES string of the molecule is Cc1cnc(-c2ccn(-c3ccc4c5c(n(C)c4c3)CCNC5)c(=O)c2)nc1.Cl. The zero-order valence-corrected chi connectivity index (χ0v) is 17.2. The molecule has 0 radical (unpaired) electrons. The van der Waals surface area contributed by atoms with E-state index in [4.69, 9.17) is 0 Å². The molecule has 29 heavy (non-hydrogen) atoms. The first-order valence-electron chi connectivity index (χ1n) is 9.45. The van der Waals surface area contributed by atoms with Crippen molar-refractivity contribution in [3.63, 3.8) is 0 Å². The summed E-state index contributed by atoms with van der Waals surface area (Å²) in [6, 6.07) is 9.71. The Balaban J connectivity index is 0.00000205. The van der Waals surface area contributed by atoms with E-state index in [1.807, 2.05) is 19.1 Å². The Hall–Kier alpha value is -2.96. The molecule has 1 aliphatic rings. The summed E-state index contributed by atoms with van der Waals surface area (Å²) in [5.74, 6) is 0.563. The first-order chi connectivity index (χ1) is 13.6. The third kappa shape index (κ3) is 3.24. The number of nitrogens with zero attached hydrogens (tertiary/aromatic N) is 4. The van der Waals surface area contributed by atoms with Gasteiger partial charge in [0, 0.05) is 67.9 Å². The molecule has 0 saturated heterocycles. The van der Waals surface area contributed by atoms with Gasteiger partial charge in [0.1, 0.15) is 0 Å². The summed E-state index contributed by atoms with van der Waals surface area (Å²) >= 11 is 0. The van der Waals surface area contributed by atoms with Gasteiger partial charge in [-0.05, 0) is 36.2 Å². The molecule has 1 aliphatic heterocycles. The Morgan fingerprint density at radius 3 is 2.66 bits per heavy atom. The summed E-state index contributed by atoms with van der Waals surface area (Å²) in [4.78, 5) is 21.4. The van der Waals surface area contributed by atoms with Crippen molar-refractivity contribution in [1.82, 2.24) is 24.4 Å². The van der Waals surface area contributed by atoms with Crippen LogP contribution in [0.15, 0.2) is 53.7 Å². The van der Waals surface area contributed by atoms with Crippen LogP contribution in [0.2, 0.25) is 0 Å². The second-order valence-corrected chi connectivity index (χ2v) is 7.32. The second-order valence-electron chi connectivity index (χ2n) is 7.32. The molecule has 3 aromatic heterocycles. The topological polar surface area (TPSA) is 64.7 Å². The lowest BCUT2D eigenvalue weighted by Crippen LogP contribution is -2.24. The van der Waals surface area contributed by atoms with Gasteiger partial charge in [-0.3, -0.25) is 9.36 Å². The van der Waals surface area contributed by atoms with E-state index < -0.39 is 0 Å². The first-order valence-corrected chi connectivity index (χ1v) is 9.45. The van der Waals surface area contributed by atoms with Crippen molar-refractivity contribution < 1.29 is 0 Å². The van der Waals surface area contributed by atoms with Gasteiger partial charge < -0.3 is 9.88 Å². The molecule has 5 rings (SSSR count). The molecular formula is C22H22ClN5O. The van der Waals surface area contributed by atoms with E-state index in [1.165, 1.54) is 16.6 Å². The highest BCUT2D eigenvalue weighted by Crippen LogP contribution is 2.29. The van der Waals surface area contributed by atoms with Crippen molar-refractivity contribution in [2.75, 3.05) is 6.54 Å². The van der Waals surface area contributed by atoms with Crippen LogP contribution < -0.4 is 10.9 Å². The number of benzene rings is 1. The minimum absolute atomic E-state index is 0. The molecule has 0 amide bonds. The number of fused-ring (bicyclic) bond motifs is 3. The lowest BCUT2D eigenvalue weighted by Gasteiger charge is -2.14. The van der Waals surface area contributed by atoms with Gasteiger partial charge in [0.15, 0.2) is 5.82 Å². The average Bonchev–Trinajstić information content (AvgIpc) is 3.01. The van der Waals surface area contributed by atoms with E-state index in [0.29, 0.717) is 5.82 Å². The van der Waals surface area contributed by atoms with Crippen LogP contribution in [0, 0.1) is 6.92 Å². The van der Waals surface area contributed by atoms with Crippen molar-refractivity contribution in [1.29, 1.82) is 0 Å². The van der Waals surface area contributed by atoms with Crippen LogP contribution in [0.25, 0.3) is 28.0 Å². The Labute approximate surface area is 174 Å². The number of hydrogen-bond acceptors (Lipinski definition) is 4. The molecule has 4 heterocycles. The summed E-state index contributed by atoms with van der Waals surface area (Å²) in [7, 11) is 2.11. The van der Waals surface area contributed by atoms with Crippen molar-refractivity contribution in [2.24, 2.45) is 7.05 Å². The molecule has 4 aromatic rings. The zero-order chi connectivity index (χ0) is 19.3. The molecule has 0 fully saturated rings.